The van der Waals surface area contributed by atoms with E-state index in [0.717, 1.165) is 6.42 Å². The molecule has 0 radical (unpaired) electrons. The Morgan fingerprint density at radius 1 is 1.12 bits per heavy atom. The van der Waals surface area contributed by atoms with Gasteiger partial charge in [0.05, 0.1) is 0 Å². The first-order chi connectivity index (χ1) is 8.22. The standard InChI is InChI=1S/C15H13BrS/c1-10-2-4-11(5-3-10)15-9-12-8-13(16)6-7-14(12)17-15/h2-8,15H,9H2,1H3. The highest BCUT2D eigenvalue weighted by Crippen LogP contribution is 2.46. The molecule has 1 aliphatic heterocycles. The molecular formula is C15H13BrS. The SMILES string of the molecule is Cc1ccc(C2Cc3cc(Br)ccc3S2)cc1. The van der Waals surface area contributed by atoms with Crippen molar-refractivity contribution < 1.29 is 0 Å². The maximum Gasteiger partial charge on any atom is 0.0385 e. The molecule has 1 aliphatic rings. The summed E-state index contributed by atoms with van der Waals surface area (Å²) in [6.07, 6.45) is 1.14. The molecular weight excluding hydrogens is 292 g/mol. The lowest BCUT2D eigenvalue weighted by Gasteiger charge is -2.08. The second-order valence-electron chi connectivity index (χ2n) is 4.47. The minimum atomic E-state index is 0.583. The fourth-order valence-electron chi connectivity index (χ4n) is 2.18. The second-order valence-corrected chi connectivity index (χ2v) is 6.63. The monoisotopic (exact) mass is 304 g/mol. The van der Waals surface area contributed by atoms with E-state index < -0.39 is 0 Å². The van der Waals surface area contributed by atoms with Crippen molar-refractivity contribution in [2.24, 2.45) is 0 Å². The van der Waals surface area contributed by atoms with Gasteiger partial charge < -0.3 is 0 Å². The minimum Gasteiger partial charge on any atom is -0.117 e. The molecule has 1 unspecified atom stereocenters. The number of rotatable bonds is 1. The third kappa shape index (κ3) is 2.29. The lowest BCUT2D eigenvalue weighted by atomic mass is 10.0. The van der Waals surface area contributed by atoms with Gasteiger partial charge in [0.1, 0.15) is 0 Å². The first-order valence-electron chi connectivity index (χ1n) is 5.74. The molecule has 0 N–H and O–H groups in total. The van der Waals surface area contributed by atoms with Gasteiger partial charge in [0.15, 0.2) is 0 Å². The van der Waals surface area contributed by atoms with Crippen molar-refractivity contribution in [2.45, 2.75) is 23.5 Å². The summed E-state index contributed by atoms with van der Waals surface area (Å²) in [5.74, 6) is 0. The molecule has 2 aromatic rings. The Morgan fingerprint density at radius 2 is 1.88 bits per heavy atom. The van der Waals surface area contributed by atoms with Gasteiger partial charge in [-0.05, 0) is 42.7 Å². The van der Waals surface area contributed by atoms with Gasteiger partial charge in [-0.2, -0.15) is 0 Å². The largest absolute Gasteiger partial charge is 0.117 e. The Bertz CT molecular complexity index is 545. The van der Waals surface area contributed by atoms with E-state index in [1.165, 1.54) is 26.1 Å². The van der Waals surface area contributed by atoms with E-state index >= 15 is 0 Å². The first kappa shape index (κ1) is 11.4. The van der Waals surface area contributed by atoms with Crippen molar-refractivity contribution in [2.75, 3.05) is 0 Å². The topological polar surface area (TPSA) is 0 Å². The number of benzene rings is 2. The summed E-state index contributed by atoms with van der Waals surface area (Å²) in [6, 6.07) is 15.5. The van der Waals surface area contributed by atoms with E-state index in [0.29, 0.717) is 5.25 Å². The van der Waals surface area contributed by atoms with E-state index in [2.05, 4.69) is 65.3 Å². The van der Waals surface area contributed by atoms with Crippen LogP contribution in [0.1, 0.15) is 21.9 Å². The third-order valence-electron chi connectivity index (χ3n) is 3.15. The van der Waals surface area contributed by atoms with E-state index in [1.807, 2.05) is 11.8 Å². The van der Waals surface area contributed by atoms with Crippen LogP contribution in [0.15, 0.2) is 51.8 Å². The number of hydrogen-bond donors (Lipinski definition) is 0. The van der Waals surface area contributed by atoms with Crippen molar-refractivity contribution in [1.29, 1.82) is 0 Å². The number of halogens is 1. The van der Waals surface area contributed by atoms with E-state index in [4.69, 9.17) is 0 Å². The van der Waals surface area contributed by atoms with Crippen LogP contribution in [0.5, 0.6) is 0 Å². The van der Waals surface area contributed by atoms with Crippen LogP contribution in [0, 0.1) is 6.92 Å². The normalized spacial score (nSPS) is 18.1. The van der Waals surface area contributed by atoms with Gasteiger partial charge in [-0.15, -0.1) is 11.8 Å². The third-order valence-corrected chi connectivity index (χ3v) is 5.02. The Hall–Kier alpha value is -0.730. The van der Waals surface area contributed by atoms with Crippen LogP contribution < -0.4 is 0 Å². The first-order valence-corrected chi connectivity index (χ1v) is 7.41. The second kappa shape index (κ2) is 4.51. The summed E-state index contributed by atoms with van der Waals surface area (Å²) in [6.45, 7) is 2.14. The van der Waals surface area contributed by atoms with Crippen molar-refractivity contribution in [3.63, 3.8) is 0 Å². The molecule has 2 aromatic carbocycles. The van der Waals surface area contributed by atoms with Crippen LogP contribution in [0.3, 0.4) is 0 Å². The molecule has 0 saturated heterocycles. The fraction of sp³-hybridized carbons (Fsp3) is 0.200. The summed E-state index contributed by atoms with van der Waals surface area (Å²) in [5.41, 5.74) is 4.24. The van der Waals surface area contributed by atoms with E-state index in [-0.39, 0.29) is 0 Å². The van der Waals surface area contributed by atoms with Crippen LogP contribution in [-0.2, 0) is 6.42 Å². The molecule has 1 heterocycles. The van der Waals surface area contributed by atoms with E-state index in [1.54, 1.807) is 0 Å². The van der Waals surface area contributed by atoms with Gasteiger partial charge in [0, 0.05) is 14.6 Å². The van der Waals surface area contributed by atoms with Gasteiger partial charge in [-0.25, -0.2) is 0 Å². The lowest BCUT2D eigenvalue weighted by molar-refractivity contribution is 0.947. The van der Waals surface area contributed by atoms with Crippen LogP contribution in [0.4, 0.5) is 0 Å². The zero-order chi connectivity index (χ0) is 11.8. The van der Waals surface area contributed by atoms with Gasteiger partial charge in [0.2, 0.25) is 0 Å². The highest BCUT2D eigenvalue weighted by Gasteiger charge is 2.23. The molecule has 0 fully saturated rings. The van der Waals surface area contributed by atoms with Crippen LogP contribution in [0.25, 0.3) is 0 Å². The number of aryl methyl sites for hydroxylation is 1. The Labute approximate surface area is 115 Å². The van der Waals surface area contributed by atoms with E-state index in [9.17, 15) is 0 Å². The highest BCUT2D eigenvalue weighted by atomic mass is 79.9. The van der Waals surface area contributed by atoms with Crippen LogP contribution in [-0.4, -0.2) is 0 Å². The van der Waals surface area contributed by atoms with Crippen molar-refractivity contribution in [3.8, 4) is 0 Å². The van der Waals surface area contributed by atoms with Crippen molar-refractivity contribution in [1.82, 2.24) is 0 Å². The molecule has 0 amide bonds. The molecule has 86 valence electrons. The van der Waals surface area contributed by atoms with Gasteiger partial charge in [-0.3, -0.25) is 0 Å². The molecule has 0 aliphatic carbocycles. The molecule has 1 atom stereocenters. The quantitative estimate of drug-likeness (QED) is 0.702. The fourth-order valence-corrected chi connectivity index (χ4v) is 3.90. The minimum absolute atomic E-state index is 0.583. The summed E-state index contributed by atoms with van der Waals surface area (Å²) in [4.78, 5) is 1.43. The maximum atomic E-state index is 3.54. The van der Waals surface area contributed by atoms with Gasteiger partial charge in [0.25, 0.3) is 0 Å². The average molecular weight is 305 g/mol. The van der Waals surface area contributed by atoms with Crippen LogP contribution >= 0.6 is 27.7 Å². The van der Waals surface area contributed by atoms with Gasteiger partial charge in [-0.1, -0.05) is 45.8 Å². The molecule has 0 spiro atoms. The smallest absolute Gasteiger partial charge is 0.0385 e. The zero-order valence-electron chi connectivity index (χ0n) is 9.61. The number of thioether (sulfide) groups is 1. The Morgan fingerprint density at radius 3 is 2.65 bits per heavy atom. The number of fused-ring (bicyclic) bond motifs is 1. The van der Waals surface area contributed by atoms with Crippen molar-refractivity contribution >= 4 is 27.7 Å². The summed E-state index contributed by atoms with van der Waals surface area (Å²) >= 11 is 5.52. The average Bonchev–Trinajstić information content (AvgIpc) is 2.72. The number of hydrogen-bond acceptors (Lipinski definition) is 1. The predicted molar refractivity (Wildman–Crippen MR) is 77.6 cm³/mol. The molecule has 2 heteroatoms. The molecule has 17 heavy (non-hydrogen) atoms. The highest BCUT2D eigenvalue weighted by molar-refractivity contribution is 9.10. The summed E-state index contributed by atoms with van der Waals surface area (Å²) in [7, 11) is 0. The summed E-state index contributed by atoms with van der Waals surface area (Å²) in [5, 5.41) is 0.583. The predicted octanol–water partition coefficient (Wildman–Crippen LogP) is 5.15. The molecule has 3 rings (SSSR count). The zero-order valence-corrected chi connectivity index (χ0v) is 12.0. The molecule has 0 saturated carbocycles. The molecule has 0 bridgehead atoms. The van der Waals surface area contributed by atoms with Crippen molar-refractivity contribution in [3.05, 3.63) is 63.6 Å². The lowest BCUT2D eigenvalue weighted by Crippen LogP contribution is -1.92. The summed E-state index contributed by atoms with van der Waals surface area (Å²) < 4.78 is 1.18. The Kier molecular flexibility index (Phi) is 3.01. The Balaban J connectivity index is 1.88. The maximum absolute atomic E-state index is 3.54. The molecule has 0 nitrogen and oxygen atoms in total. The molecule has 0 aromatic heterocycles. The van der Waals surface area contributed by atoms with Crippen LogP contribution in [0.2, 0.25) is 0 Å². The van der Waals surface area contributed by atoms with Gasteiger partial charge >= 0.3 is 0 Å².